The Morgan fingerprint density at radius 3 is 2.51 bits per heavy atom. The van der Waals surface area contributed by atoms with Crippen LogP contribution in [0, 0.1) is 18.3 Å². The van der Waals surface area contributed by atoms with Crippen LogP contribution in [-0.2, 0) is 18.3 Å². The number of amides is 1. The fraction of sp³-hybridized carbons (Fsp3) is 0.360. The van der Waals surface area contributed by atoms with Crippen LogP contribution in [0.1, 0.15) is 22.3 Å². The molecule has 182 valence electrons. The van der Waals surface area contributed by atoms with Crippen LogP contribution in [0.3, 0.4) is 0 Å². The summed E-state index contributed by atoms with van der Waals surface area (Å²) in [5.74, 6) is 3.30. The molecule has 2 aromatic rings. The number of benzene rings is 1. The second-order valence-electron chi connectivity index (χ2n) is 8.24. The second-order valence-corrected chi connectivity index (χ2v) is 11.1. The Morgan fingerprint density at radius 2 is 1.89 bits per heavy atom. The van der Waals surface area contributed by atoms with Crippen molar-refractivity contribution >= 4 is 57.9 Å². The molecule has 1 amide bonds. The Hall–Kier alpha value is -2.74. The van der Waals surface area contributed by atoms with E-state index in [0.29, 0.717) is 27.8 Å². The number of rotatable bonds is 6. The zero-order chi connectivity index (χ0) is 25.1. The van der Waals surface area contributed by atoms with Gasteiger partial charge in [0.1, 0.15) is 27.5 Å². The van der Waals surface area contributed by atoms with E-state index in [2.05, 4.69) is 11.0 Å². The van der Waals surface area contributed by atoms with Crippen molar-refractivity contribution in [2.75, 3.05) is 43.1 Å². The number of methoxy groups -OCH3 is 1. The Balaban J connectivity index is 1.66. The van der Waals surface area contributed by atoms with E-state index in [-0.39, 0.29) is 17.0 Å². The third-order valence-electron chi connectivity index (χ3n) is 6.21. The standard InChI is InChI=1S/C25H26N4O3S3/c1-16-19(22(28-10-12-34-13-11-28)27(2)23(30)20(16)15-26)14-21-24(31)29(25(33)35-21)9-8-17-4-6-18(32-3)7-5-17/h4-7,14H,8-13H2,1-3H3. The number of nitrogens with zero attached hydrogens (tertiary/aromatic N) is 4. The Bertz CT molecular complexity index is 1290. The number of carbonyl (C=O) groups excluding carboxylic acids is 1. The molecule has 2 saturated heterocycles. The molecule has 0 saturated carbocycles. The van der Waals surface area contributed by atoms with E-state index < -0.39 is 0 Å². The van der Waals surface area contributed by atoms with Crippen LogP contribution in [0.5, 0.6) is 5.75 Å². The van der Waals surface area contributed by atoms with E-state index in [9.17, 15) is 14.9 Å². The average Bonchev–Trinajstić information content (AvgIpc) is 3.14. The molecule has 0 unspecified atom stereocenters. The molecular weight excluding hydrogens is 501 g/mol. The summed E-state index contributed by atoms with van der Waals surface area (Å²) in [6, 6.07) is 9.81. The molecule has 4 rings (SSSR count). The predicted octanol–water partition coefficient (Wildman–Crippen LogP) is 3.57. The molecule has 1 aromatic carbocycles. The van der Waals surface area contributed by atoms with Crippen molar-refractivity contribution < 1.29 is 9.53 Å². The highest BCUT2D eigenvalue weighted by atomic mass is 32.2. The van der Waals surface area contributed by atoms with E-state index in [0.717, 1.165) is 47.3 Å². The van der Waals surface area contributed by atoms with Gasteiger partial charge in [-0.3, -0.25) is 19.1 Å². The van der Waals surface area contributed by atoms with Gasteiger partial charge in [-0.2, -0.15) is 17.0 Å². The molecule has 2 fully saturated rings. The van der Waals surface area contributed by atoms with Gasteiger partial charge in [0.2, 0.25) is 0 Å². The zero-order valence-electron chi connectivity index (χ0n) is 19.9. The Morgan fingerprint density at radius 1 is 1.20 bits per heavy atom. The van der Waals surface area contributed by atoms with E-state index in [1.54, 1.807) is 32.1 Å². The lowest BCUT2D eigenvalue weighted by Crippen LogP contribution is -2.38. The number of thioether (sulfide) groups is 2. The number of nitriles is 1. The lowest BCUT2D eigenvalue weighted by atomic mass is 10.0. The summed E-state index contributed by atoms with van der Waals surface area (Å²) in [5, 5.41) is 9.65. The Labute approximate surface area is 218 Å². The van der Waals surface area contributed by atoms with E-state index in [1.807, 2.05) is 36.0 Å². The van der Waals surface area contributed by atoms with Crippen LogP contribution in [0.25, 0.3) is 6.08 Å². The number of pyridine rings is 1. The first-order chi connectivity index (χ1) is 16.8. The minimum absolute atomic E-state index is 0.101. The lowest BCUT2D eigenvalue weighted by Gasteiger charge is -2.32. The van der Waals surface area contributed by atoms with Gasteiger partial charge in [-0.1, -0.05) is 36.1 Å². The summed E-state index contributed by atoms with van der Waals surface area (Å²) in [6.45, 7) is 3.85. The van der Waals surface area contributed by atoms with Gasteiger partial charge in [-0.15, -0.1) is 0 Å². The molecule has 2 aliphatic heterocycles. The first-order valence-electron chi connectivity index (χ1n) is 11.2. The lowest BCUT2D eigenvalue weighted by molar-refractivity contribution is -0.122. The molecule has 3 heterocycles. The number of hydrogen-bond acceptors (Lipinski definition) is 8. The number of carbonyl (C=O) groups is 1. The molecule has 0 atom stereocenters. The first-order valence-corrected chi connectivity index (χ1v) is 13.6. The highest BCUT2D eigenvalue weighted by molar-refractivity contribution is 8.26. The highest BCUT2D eigenvalue weighted by Gasteiger charge is 2.33. The normalized spacial score (nSPS) is 17.3. The van der Waals surface area contributed by atoms with Gasteiger partial charge in [0.05, 0.1) is 12.0 Å². The second kappa shape index (κ2) is 10.9. The van der Waals surface area contributed by atoms with Crippen LogP contribution in [0.4, 0.5) is 5.82 Å². The molecule has 0 N–H and O–H groups in total. The maximum Gasteiger partial charge on any atom is 0.270 e. The maximum absolute atomic E-state index is 13.3. The number of thiocarbonyl (C=S) groups is 1. The smallest absolute Gasteiger partial charge is 0.270 e. The third-order valence-corrected chi connectivity index (χ3v) is 8.53. The van der Waals surface area contributed by atoms with Gasteiger partial charge in [0.15, 0.2) is 0 Å². The van der Waals surface area contributed by atoms with Crippen LogP contribution in [-0.4, -0.2) is 57.9 Å². The van der Waals surface area contributed by atoms with Crippen molar-refractivity contribution in [3.8, 4) is 11.8 Å². The topological polar surface area (TPSA) is 78.6 Å². The van der Waals surface area contributed by atoms with Gasteiger partial charge in [-0.05, 0) is 42.7 Å². The van der Waals surface area contributed by atoms with Crippen molar-refractivity contribution in [2.45, 2.75) is 13.3 Å². The van der Waals surface area contributed by atoms with Crippen LogP contribution in [0.2, 0.25) is 0 Å². The summed E-state index contributed by atoms with van der Waals surface area (Å²) >= 11 is 8.67. The Kier molecular flexibility index (Phi) is 7.89. The van der Waals surface area contributed by atoms with Crippen molar-refractivity contribution in [3.05, 3.63) is 61.8 Å². The number of hydrogen-bond donors (Lipinski definition) is 0. The van der Waals surface area contributed by atoms with Crippen molar-refractivity contribution in [1.82, 2.24) is 9.47 Å². The van der Waals surface area contributed by atoms with Crippen LogP contribution < -0.4 is 15.2 Å². The van der Waals surface area contributed by atoms with Gasteiger partial charge in [0, 0.05) is 43.8 Å². The highest BCUT2D eigenvalue weighted by Crippen LogP contribution is 2.36. The van der Waals surface area contributed by atoms with Crippen molar-refractivity contribution in [2.24, 2.45) is 7.05 Å². The van der Waals surface area contributed by atoms with Gasteiger partial charge in [0.25, 0.3) is 11.5 Å². The molecule has 0 spiro atoms. The van der Waals surface area contributed by atoms with Gasteiger partial charge < -0.3 is 9.64 Å². The van der Waals surface area contributed by atoms with Crippen molar-refractivity contribution in [1.29, 1.82) is 5.26 Å². The summed E-state index contributed by atoms with van der Waals surface area (Å²) < 4.78 is 7.25. The molecule has 0 bridgehead atoms. The minimum Gasteiger partial charge on any atom is -0.497 e. The number of ether oxygens (including phenoxy) is 1. The SMILES string of the molecule is COc1ccc(CCN2C(=O)C(=Cc3c(C)c(C#N)c(=O)n(C)c3N3CCSCC3)SC2=S)cc1. The van der Waals surface area contributed by atoms with Crippen molar-refractivity contribution in [3.63, 3.8) is 0 Å². The van der Waals surface area contributed by atoms with E-state index >= 15 is 0 Å². The fourth-order valence-corrected chi connectivity index (χ4v) is 6.42. The van der Waals surface area contributed by atoms with Crippen LogP contribution >= 0.6 is 35.7 Å². The molecule has 35 heavy (non-hydrogen) atoms. The predicted molar refractivity (Wildman–Crippen MR) is 147 cm³/mol. The summed E-state index contributed by atoms with van der Waals surface area (Å²) in [6.07, 6.45) is 2.47. The quantitative estimate of drug-likeness (QED) is 0.418. The maximum atomic E-state index is 13.3. The van der Waals surface area contributed by atoms with E-state index in [4.69, 9.17) is 17.0 Å². The molecule has 7 nitrogen and oxygen atoms in total. The zero-order valence-corrected chi connectivity index (χ0v) is 22.3. The number of aromatic nitrogens is 1. The summed E-state index contributed by atoms with van der Waals surface area (Å²) in [7, 11) is 3.32. The molecule has 10 heteroatoms. The average molecular weight is 527 g/mol. The third kappa shape index (κ3) is 5.13. The van der Waals surface area contributed by atoms with Gasteiger partial charge >= 0.3 is 0 Å². The summed E-state index contributed by atoms with van der Waals surface area (Å²) in [5.41, 5.74) is 2.19. The van der Waals surface area contributed by atoms with Crippen LogP contribution in [0.15, 0.2) is 34.0 Å². The molecule has 0 aliphatic carbocycles. The molecular formula is C25H26N4O3S3. The fourth-order valence-electron chi connectivity index (χ4n) is 4.23. The molecule has 2 aliphatic rings. The molecule has 1 aromatic heterocycles. The number of anilines is 1. The largest absolute Gasteiger partial charge is 0.497 e. The minimum atomic E-state index is -0.317. The molecule has 0 radical (unpaired) electrons. The van der Waals surface area contributed by atoms with Gasteiger partial charge in [-0.25, -0.2) is 0 Å². The summed E-state index contributed by atoms with van der Waals surface area (Å²) in [4.78, 5) is 30.5. The van der Waals surface area contributed by atoms with E-state index in [1.165, 1.54) is 16.3 Å². The monoisotopic (exact) mass is 526 g/mol. The first kappa shape index (κ1) is 25.4.